The topological polar surface area (TPSA) is 78.3 Å². The summed E-state index contributed by atoms with van der Waals surface area (Å²) in [6, 6.07) is 8.13. The summed E-state index contributed by atoms with van der Waals surface area (Å²) in [4.78, 5) is 21.1. The zero-order valence-electron chi connectivity index (χ0n) is 17.7. The van der Waals surface area contributed by atoms with Gasteiger partial charge in [0.15, 0.2) is 0 Å². The number of benzene rings is 1. The monoisotopic (exact) mass is 398 g/mol. The maximum absolute atomic E-state index is 11.8. The first-order chi connectivity index (χ1) is 13.9. The van der Waals surface area contributed by atoms with Gasteiger partial charge < -0.3 is 19.4 Å². The van der Waals surface area contributed by atoms with Gasteiger partial charge in [-0.15, -0.1) is 0 Å². The van der Waals surface area contributed by atoms with Crippen molar-refractivity contribution in [1.82, 2.24) is 19.9 Å². The van der Waals surface area contributed by atoms with Crippen LogP contribution in [0.3, 0.4) is 0 Å². The van der Waals surface area contributed by atoms with Crippen molar-refractivity contribution in [1.29, 1.82) is 0 Å². The van der Waals surface area contributed by atoms with Crippen LogP contribution in [0.5, 0.6) is 0 Å². The predicted molar refractivity (Wildman–Crippen MR) is 114 cm³/mol. The quantitative estimate of drug-likeness (QED) is 0.579. The number of unbranched alkanes of at least 4 members (excludes halogenated alkanes) is 1. The van der Waals surface area contributed by atoms with Crippen LogP contribution in [0.1, 0.15) is 39.4 Å². The first-order valence-electron chi connectivity index (χ1n) is 10.1. The molecule has 29 heavy (non-hydrogen) atoms. The predicted octanol–water partition coefficient (Wildman–Crippen LogP) is 4.08. The lowest BCUT2D eigenvalue weighted by Crippen LogP contribution is -2.33. The van der Waals surface area contributed by atoms with Gasteiger partial charge in [-0.2, -0.15) is 0 Å². The van der Waals surface area contributed by atoms with Crippen molar-refractivity contribution in [3.05, 3.63) is 36.3 Å². The summed E-state index contributed by atoms with van der Waals surface area (Å²) < 4.78 is 12.8. The summed E-state index contributed by atoms with van der Waals surface area (Å²) in [6.07, 6.45) is 3.98. The van der Waals surface area contributed by atoms with E-state index in [9.17, 15) is 4.79 Å². The Kier molecular flexibility index (Phi) is 6.69. The zero-order chi connectivity index (χ0) is 20.9. The smallest absolute Gasteiger partial charge is 0.407 e. The standard InChI is InChI=1S/C22H30N4O3/c1-22(2,3)29-21(27)23-12-7-8-13-26-19(11-14-28-4)25-18-15-24-17-10-6-5-9-16(17)20(18)26/h5-6,9-10,15H,7-8,11-14H2,1-4H3,(H,23,27). The molecule has 3 aromatic rings. The van der Waals surface area contributed by atoms with Crippen LogP contribution >= 0.6 is 0 Å². The van der Waals surface area contributed by atoms with E-state index in [1.165, 1.54) is 0 Å². The number of aromatic nitrogens is 3. The van der Waals surface area contributed by atoms with Crippen LogP contribution < -0.4 is 5.32 Å². The van der Waals surface area contributed by atoms with Gasteiger partial charge in [0.25, 0.3) is 0 Å². The number of ether oxygens (including phenoxy) is 2. The molecule has 0 radical (unpaired) electrons. The number of alkyl carbamates (subject to hydrolysis) is 1. The molecule has 7 heteroatoms. The van der Waals surface area contributed by atoms with Gasteiger partial charge in [-0.3, -0.25) is 4.98 Å². The van der Waals surface area contributed by atoms with Crippen molar-refractivity contribution in [3.63, 3.8) is 0 Å². The SMILES string of the molecule is COCCc1nc2cnc3ccccc3c2n1CCCCNC(=O)OC(C)(C)C. The second-order valence-corrected chi connectivity index (χ2v) is 8.07. The Labute approximate surface area is 171 Å². The molecule has 0 aliphatic rings. The van der Waals surface area contributed by atoms with Gasteiger partial charge in [0.05, 0.1) is 23.8 Å². The van der Waals surface area contributed by atoms with E-state index in [2.05, 4.69) is 20.9 Å². The fourth-order valence-corrected chi connectivity index (χ4v) is 3.33. The second-order valence-electron chi connectivity index (χ2n) is 8.07. The van der Waals surface area contributed by atoms with E-state index < -0.39 is 5.60 Å². The zero-order valence-corrected chi connectivity index (χ0v) is 17.7. The molecule has 1 amide bonds. The molecule has 0 aliphatic heterocycles. The summed E-state index contributed by atoms with van der Waals surface area (Å²) in [5, 5.41) is 3.92. The van der Waals surface area contributed by atoms with E-state index in [1.807, 2.05) is 45.2 Å². The number of nitrogens with one attached hydrogen (secondary N) is 1. The van der Waals surface area contributed by atoms with E-state index in [-0.39, 0.29) is 6.09 Å². The number of carbonyl (C=O) groups is 1. The highest BCUT2D eigenvalue weighted by Gasteiger charge is 2.16. The molecule has 156 valence electrons. The Balaban J connectivity index is 1.71. The maximum Gasteiger partial charge on any atom is 0.407 e. The molecular formula is C22H30N4O3. The van der Waals surface area contributed by atoms with Crippen LogP contribution in [0, 0.1) is 0 Å². The Hall–Kier alpha value is -2.67. The van der Waals surface area contributed by atoms with Crippen LogP contribution in [0.2, 0.25) is 0 Å². The molecule has 0 aliphatic carbocycles. The highest BCUT2D eigenvalue weighted by Crippen LogP contribution is 2.25. The lowest BCUT2D eigenvalue weighted by atomic mass is 10.2. The van der Waals surface area contributed by atoms with Crippen LogP contribution in [0.15, 0.2) is 30.5 Å². The van der Waals surface area contributed by atoms with Gasteiger partial charge in [0.2, 0.25) is 0 Å². The Morgan fingerprint density at radius 1 is 1.17 bits per heavy atom. The summed E-state index contributed by atoms with van der Waals surface area (Å²) in [6.45, 7) is 7.60. The number of fused-ring (bicyclic) bond motifs is 3. The van der Waals surface area contributed by atoms with Gasteiger partial charge in [0, 0.05) is 32.0 Å². The third kappa shape index (κ3) is 5.44. The van der Waals surface area contributed by atoms with E-state index in [0.29, 0.717) is 13.2 Å². The van der Waals surface area contributed by atoms with Crippen LogP contribution in [-0.4, -0.2) is 46.5 Å². The van der Waals surface area contributed by atoms with Gasteiger partial charge >= 0.3 is 6.09 Å². The fourth-order valence-electron chi connectivity index (χ4n) is 3.33. The molecule has 3 rings (SSSR count). The van der Waals surface area contributed by atoms with Crippen molar-refractivity contribution in [2.45, 2.75) is 52.2 Å². The van der Waals surface area contributed by atoms with Crippen molar-refractivity contribution >= 4 is 28.0 Å². The van der Waals surface area contributed by atoms with E-state index in [4.69, 9.17) is 14.5 Å². The van der Waals surface area contributed by atoms with Crippen molar-refractivity contribution in [2.24, 2.45) is 0 Å². The first kappa shape index (κ1) is 21.0. The van der Waals surface area contributed by atoms with Crippen LogP contribution in [0.25, 0.3) is 21.9 Å². The molecule has 2 heterocycles. The molecule has 0 atom stereocenters. The second kappa shape index (κ2) is 9.22. The Morgan fingerprint density at radius 3 is 2.72 bits per heavy atom. The molecule has 0 unspecified atom stereocenters. The molecule has 0 spiro atoms. The van der Waals surface area contributed by atoms with E-state index >= 15 is 0 Å². The van der Waals surface area contributed by atoms with Crippen LogP contribution in [-0.2, 0) is 22.4 Å². The Morgan fingerprint density at radius 2 is 1.97 bits per heavy atom. The number of amides is 1. The molecule has 2 aromatic heterocycles. The summed E-state index contributed by atoms with van der Waals surface area (Å²) >= 11 is 0. The maximum atomic E-state index is 11.8. The van der Waals surface area contributed by atoms with Gasteiger partial charge in [-0.05, 0) is 39.7 Å². The van der Waals surface area contributed by atoms with Crippen LogP contribution in [0.4, 0.5) is 4.79 Å². The highest BCUT2D eigenvalue weighted by atomic mass is 16.6. The molecule has 0 bridgehead atoms. The number of pyridine rings is 1. The number of aryl methyl sites for hydroxylation is 1. The molecule has 0 saturated heterocycles. The summed E-state index contributed by atoms with van der Waals surface area (Å²) in [5.41, 5.74) is 2.50. The minimum Gasteiger partial charge on any atom is -0.444 e. The average Bonchev–Trinajstić information content (AvgIpc) is 3.02. The minimum absolute atomic E-state index is 0.372. The number of hydrogen-bond donors (Lipinski definition) is 1. The molecule has 0 saturated carbocycles. The van der Waals surface area contributed by atoms with Gasteiger partial charge in [-0.25, -0.2) is 9.78 Å². The van der Waals surface area contributed by atoms with Gasteiger partial charge in [-0.1, -0.05) is 18.2 Å². The largest absolute Gasteiger partial charge is 0.444 e. The van der Waals surface area contributed by atoms with E-state index in [1.54, 1.807) is 7.11 Å². The van der Waals surface area contributed by atoms with Gasteiger partial charge in [0.1, 0.15) is 16.9 Å². The number of nitrogens with zero attached hydrogens (tertiary/aromatic N) is 3. The average molecular weight is 399 g/mol. The number of imidazole rings is 1. The third-order valence-corrected chi connectivity index (χ3v) is 4.57. The van der Waals surface area contributed by atoms with Crippen molar-refractivity contribution < 1.29 is 14.3 Å². The molecular weight excluding hydrogens is 368 g/mol. The Bertz CT molecular complexity index is 975. The summed E-state index contributed by atoms with van der Waals surface area (Å²) in [5.74, 6) is 1.00. The number of carbonyl (C=O) groups excluding carboxylic acids is 1. The molecule has 1 N–H and O–H groups in total. The molecule has 7 nitrogen and oxygen atoms in total. The third-order valence-electron chi connectivity index (χ3n) is 4.57. The van der Waals surface area contributed by atoms with Crippen molar-refractivity contribution in [2.75, 3.05) is 20.3 Å². The molecule has 0 fully saturated rings. The highest BCUT2D eigenvalue weighted by molar-refractivity contribution is 6.02. The lowest BCUT2D eigenvalue weighted by Gasteiger charge is -2.19. The molecule has 1 aromatic carbocycles. The number of rotatable bonds is 8. The normalized spacial score (nSPS) is 11.9. The minimum atomic E-state index is -0.481. The summed E-state index contributed by atoms with van der Waals surface area (Å²) in [7, 11) is 1.70. The number of para-hydroxylation sites is 1. The van der Waals surface area contributed by atoms with Crippen molar-refractivity contribution in [3.8, 4) is 0 Å². The number of hydrogen-bond acceptors (Lipinski definition) is 5. The lowest BCUT2D eigenvalue weighted by molar-refractivity contribution is 0.0527. The number of methoxy groups -OCH3 is 1. The fraction of sp³-hybridized carbons (Fsp3) is 0.500. The van der Waals surface area contributed by atoms with E-state index in [0.717, 1.165) is 53.6 Å². The first-order valence-corrected chi connectivity index (χ1v) is 10.1.